The number of nitrogens with one attached hydrogen (secondary N) is 1. The maximum Gasteiger partial charge on any atom is 0.341 e. The van der Waals surface area contributed by atoms with Crippen LogP contribution in [0.4, 0.5) is 10.7 Å². The summed E-state index contributed by atoms with van der Waals surface area (Å²) in [7, 11) is -1.32. The molecule has 0 saturated heterocycles. The smallest absolute Gasteiger partial charge is 0.341 e. The SMILES string of the molecule is CCOC(=O)c1c(NC(=O)CN(c2cc(OC)ccc2OC)S(=O)(=O)c2ccc(C)cc2)sc2c1CCCC2. The number of esters is 1. The highest BCUT2D eigenvalue weighted by molar-refractivity contribution is 7.92. The van der Waals surface area contributed by atoms with Crippen LogP contribution in [0.1, 0.15) is 46.1 Å². The molecule has 208 valence electrons. The van der Waals surface area contributed by atoms with Gasteiger partial charge in [0.1, 0.15) is 23.0 Å². The molecule has 9 nitrogen and oxygen atoms in total. The molecule has 0 radical (unpaired) electrons. The second-order valence-corrected chi connectivity index (χ2v) is 12.0. The van der Waals surface area contributed by atoms with Crippen LogP contribution in [0.3, 0.4) is 0 Å². The van der Waals surface area contributed by atoms with E-state index in [2.05, 4.69) is 5.32 Å². The van der Waals surface area contributed by atoms with Crippen molar-refractivity contribution in [1.82, 2.24) is 0 Å². The largest absolute Gasteiger partial charge is 0.497 e. The maximum atomic E-state index is 13.9. The average Bonchev–Trinajstić information content (AvgIpc) is 3.29. The zero-order valence-electron chi connectivity index (χ0n) is 22.4. The molecule has 1 aliphatic carbocycles. The zero-order chi connectivity index (χ0) is 28.2. The predicted molar refractivity (Wildman–Crippen MR) is 151 cm³/mol. The molecular formula is C28H32N2O7S2. The number of methoxy groups -OCH3 is 2. The minimum Gasteiger partial charge on any atom is -0.497 e. The van der Waals surface area contributed by atoms with Crippen molar-refractivity contribution in [3.8, 4) is 11.5 Å². The van der Waals surface area contributed by atoms with Crippen LogP contribution in [0.5, 0.6) is 11.5 Å². The summed E-state index contributed by atoms with van der Waals surface area (Å²) in [5.74, 6) is -0.463. The number of carbonyl (C=O) groups is 2. The molecule has 0 aliphatic heterocycles. The van der Waals surface area contributed by atoms with Crippen molar-refractivity contribution in [1.29, 1.82) is 0 Å². The van der Waals surface area contributed by atoms with Gasteiger partial charge >= 0.3 is 5.97 Å². The average molecular weight is 573 g/mol. The lowest BCUT2D eigenvalue weighted by Crippen LogP contribution is -2.38. The Labute approximate surface area is 232 Å². The number of fused-ring (bicyclic) bond motifs is 1. The fraction of sp³-hybridized carbons (Fsp3) is 0.357. The van der Waals surface area contributed by atoms with Crippen molar-refractivity contribution in [3.05, 3.63) is 64.0 Å². The van der Waals surface area contributed by atoms with Crippen LogP contribution in [0.25, 0.3) is 0 Å². The molecule has 0 saturated carbocycles. The molecule has 0 fully saturated rings. The summed E-state index contributed by atoms with van der Waals surface area (Å²) >= 11 is 1.34. The van der Waals surface area contributed by atoms with E-state index in [4.69, 9.17) is 14.2 Å². The molecule has 3 aromatic rings. The third-order valence-corrected chi connectivity index (χ3v) is 9.44. The van der Waals surface area contributed by atoms with Crippen LogP contribution in [0.2, 0.25) is 0 Å². The number of hydrogen-bond acceptors (Lipinski definition) is 8. The number of thiophene rings is 1. The van der Waals surface area contributed by atoms with Gasteiger partial charge in [0, 0.05) is 10.9 Å². The molecule has 0 bridgehead atoms. The van der Waals surface area contributed by atoms with Gasteiger partial charge in [-0.1, -0.05) is 17.7 Å². The Bertz CT molecular complexity index is 1460. The van der Waals surface area contributed by atoms with Crippen molar-refractivity contribution >= 4 is 43.9 Å². The van der Waals surface area contributed by atoms with E-state index in [9.17, 15) is 18.0 Å². The molecule has 4 rings (SSSR count). The van der Waals surface area contributed by atoms with E-state index in [0.29, 0.717) is 16.3 Å². The minimum atomic E-state index is -4.20. The zero-order valence-corrected chi connectivity index (χ0v) is 24.0. The molecule has 0 atom stereocenters. The lowest BCUT2D eigenvalue weighted by Gasteiger charge is -2.26. The maximum absolute atomic E-state index is 13.9. The number of carbonyl (C=O) groups excluding carboxylic acids is 2. The van der Waals surface area contributed by atoms with Crippen molar-refractivity contribution < 1.29 is 32.2 Å². The fourth-order valence-corrected chi connectivity index (χ4v) is 7.22. The standard InChI is InChI=1S/C28H32N2O7S2/c1-5-37-28(32)26-21-8-6-7-9-24(21)38-27(26)29-25(31)17-30(22-16-19(35-3)12-15-23(22)36-4)39(33,34)20-13-10-18(2)11-14-20/h10-16H,5-9,17H2,1-4H3,(H,29,31). The first-order chi connectivity index (χ1) is 18.7. The van der Waals surface area contributed by atoms with E-state index < -0.39 is 28.4 Å². The number of ether oxygens (including phenoxy) is 3. The van der Waals surface area contributed by atoms with Gasteiger partial charge in [0.05, 0.1) is 37.0 Å². The first kappa shape index (κ1) is 28.4. The second-order valence-electron chi connectivity index (χ2n) is 9.05. The molecule has 1 heterocycles. The highest BCUT2D eigenvalue weighted by Gasteiger charge is 2.32. The monoisotopic (exact) mass is 572 g/mol. The van der Waals surface area contributed by atoms with E-state index in [-0.39, 0.29) is 22.9 Å². The quantitative estimate of drug-likeness (QED) is 0.342. The van der Waals surface area contributed by atoms with Gasteiger partial charge in [0.15, 0.2) is 0 Å². The Morgan fingerprint density at radius 2 is 1.74 bits per heavy atom. The Hall–Kier alpha value is -3.57. The number of aryl methyl sites for hydroxylation is 2. The Kier molecular flexibility index (Phi) is 8.81. The first-order valence-corrected chi connectivity index (χ1v) is 14.9. The van der Waals surface area contributed by atoms with E-state index in [1.54, 1.807) is 31.2 Å². The summed E-state index contributed by atoms with van der Waals surface area (Å²) < 4.78 is 44.8. The molecule has 0 spiro atoms. The minimum absolute atomic E-state index is 0.0181. The van der Waals surface area contributed by atoms with Gasteiger partial charge < -0.3 is 19.5 Å². The highest BCUT2D eigenvalue weighted by Crippen LogP contribution is 2.39. The lowest BCUT2D eigenvalue weighted by molar-refractivity contribution is -0.114. The van der Waals surface area contributed by atoms with Crippen LogP contribution < -0.4 is 19.1 Å². The molecule has 11 heteroatoms. The molecule has 1 amide bonds. The number of benzene rings is 2. The van der Waals surface area contributed by atoms with Gasteiger partial charge in [-0.25, -0.2) is 13.2 Å². The Morgan fingerprint density at radius 1 is 1.03 bits per heavy atom. The topological polar surface area (TPSA) is 111 Å². The van der Waals surface area contributed by atoms with Crippen molar-refractivity contribution in [2.45, 2.75) is 44.4 Å². The fourth-order valence-electron chi connectivity index (χ4n) is 4.50. The van der Waals surface area contributed by atoms with Crippen molar-refractivity contribution in [3.63, 3.8) is 0 Å². The summed E-state index contributed by atoms with van der Waals surface area (Å²) in [4.78, 5) is 27.4. The molecule has 1 aromatic heterocycles. The van der Waals surface area contributed by atoms with Gasteiger partial charge in [0.2, 0.25) is 5.91 Å². The number of sulfonamides is 1. The summed E-state index contributed by atoms with van der Waals surface area (Å²) in [6, 6.07) is 11.1. The second kappa shape index (κ2) is 12.1. The van der Waals surface area contributed by atoms with Crippen molar-refractivity contribution in [2.24, 2.45) is 0 Å². The molecule has 0 unspecified atom stereocenters. The summed E-state index contributed by atoms with van der Waals surface area (Å²) in [6.07, 6.45) is 3.49. The number of anilines is 2. The van der Waals surface area contributed by atoms with Gasteiger partial charge in [0.25, 0.3) is 10.0 Å². The van der Waals surface area contributed by atoms with Gasteiger partial charge in [-0.2, -0.15) is 0 Å². The summed E-state index contributed by atoms with van der Waals surface area (Å²) in [5.41, 5.74) is 2.30. The van der Waals surface area contributed by atoms with Crippen LogP contribution in [0, 0.1) is 6.92 Å². The van der Waals surface area contributed by atoms with Gasteiger partial charge in [-0.3, -0.25) is 9.10 Å². The summed E-state index contributed by atoms with van der Waals surface area (Å²) in [5, 5.41) is 3.18. The van der Waals surface area contributed by atoms with Crippen LogP contribution in [0.15, 0.2) is 47.4 Å². The number of rotatable bonds is 10. The molecule has 1 aliphatic rings. The lowest BCUT2D eigenvalue weighted by atomic mass is 9.95. The first-order valence-electron chi connectivity index (χ1n) is 12.6. The highest BCUT2D eigenvalue weighted by atomic mass is 32.2. The molecule has 2 aromatic carbocycles. The normalized spacial score (nSPS) is 12.8. The van der Waals surface area contributed by atoms with E-state index in [1.165, 1.54) is 43.8 Å². The van der Waals surface area contributed by atoms with Gasteiger partial charge in [-0.15, -0.1) is 11.3 Å². The van der Waals surface area contributed by atoms with Crippen LogP contribution in [-0.2, 0) is 32.4 Å². The van der Waals surface area contributed by atoms with E-state index in [0.717, 1.165) is 46.0 Å². The number of nitrogens with zero attached hydrogens (tertiary/aromatic N) is 1. The van der Waals surface area contributed by atoms with Gasteiger partial charge in [-0.05, 0) is 69.4 Å². The van der Waals surface area contributed by atoms with Crippen LogP contribution in [-0.4, -0.2) is 47.7 Å². The predicted octanol–water partition coefficient (Wildman–Crippen LogP) is 4.96. The van der Waals surface area contributed by atoms with E-state index in [1.807, 2.05) is 6.92 Å². The number of amides is 1. The molecule has 1 N–H and O–H groups in total. The van der Waals surface area contributed by atoms with Crippen LogP contribution >= 0.6 is 11.3 Å². The van der Waals surface area contributed by atoms with Crippen molar-refractivity contribution in [2.75, 3.05) is 37.0 Å². The molecule has 39 heavy (non-hydrogen) atoms. The van der Waals surface area contributed by atoms with E-state index >= 15 is 0 Å². The Balaban J connectivity index is 1.74. The Morgan fingerprint density at radius 3 is 2.41 bits per heavy atom. The summed E-state index contributed by atoms with van der Waals surface area (Å²) in [6.45, 7) is 3.22. The third kappa shape index (κ3) is 6.04. The number of hydrogen-bond donors (Lipinski definition) is 1. The third-order valence-electron chi connectivity index (χ3n) is 6.45. The molecular weight excluding hydrogens is 540 g/mol.